The van der Waals surface area contributed by atoms with Crippen molar-refractivity contribution in [2.24, 2.45) is 16.5 Å². The number of rotatable bonds is 3. The van der Waals surface area contributed by atoms with Crippen LogP contribution in [0.1, 0.15) is 11.3 Å². The summed E-state index contributed by atoms with van der Waals surface area (Å²) in [4.78, 5) is 8.46. The molecule has 0 aliphatic carbocycles. The van der Waals surface area contributed by atoms with E-state index in [1.807, 2.05) is 35.9 Å². The quantitative estimate of drug-likeness (QED) is 0.496. The van der Waals surface area contributed by atoms with Crippen molar-refractivity contribution in [1.29, 1.82) is 0 Å². The van der Waals surface area contributed by atoms with Gasteiger partial charge in [-0.15, -0.1) is 24.0 Å². The maximum Gasteiger partial charge on any atom is 0.185 e. The normalized spacial score (nSPS) is 9.94. The van der Waals surface area contributed by atoms with Gasteiger partial charge in [-0.2, -0.15) is 0 Å². The molecule has 0 spiro atoms. The van der Waals surface area contributed by atoms with E-state index in [9.17, 15) is 0 Å². The van der Waals surface area contributed by atoms with E-state index in [1.54, 1.807) is 0 Å². The fourth-order valence-electron chi connectivity index (χ4n) is 1.62. The smallest absolute Gasteiger partial charge is 0.185 e. The van der Waals surface area contributed by atoms with Crippen LogP contribution in [0.3, 0.4) is 0 Å². The lowest BCUT2D eigenvalue weighted by atomic mass is 10.3. The highest BCUT2D eigenvalue weighted by Gasteiger charge is 2.02. The van der Waals surface area contributed by atoms with Crippen molar-refractivity contribution in [3.05, 3.63) is 35.8 Å². The summed E-state index contributed by atoms with van der Waals surface area (Å²) in [5.41, 5.74) is 13.7. The molecular formula is C11H16IN5. The Hall–Kier alpha value is -1.31. The van der Waals surface area contributed by atoms with Crippen molar-refractivity contribution in [3.8, 4) is 0 Å². The number of imidazole rings is 1. The largest absolute Gasteiger partial charge is 0.370 e. The molecule has 0 aromatic carbocycles. The molecule has 2 heterocycles. The van der Waals surface area contributed by atoms with Crippen LogP contribution in [0.15, 0.2) is 29.5 Å². The van der Waals surface area contributed by atoms with Gasteiger partial charge in [0.2, 0.25) is 0 Å². The van der Waals surface area contributed by atoms with Crippen LogP contribution in [-0.2, 0) is 6.42 Å². The van der Waals surface area contributed by atoms with Crippen LogP contribution in [0.4, 0.5) is 0 Å². The van der Waals surface area contributed by atoms with Crippen LogP contribution in [0.25, 0.3) is 5.65 Å². The zero-order valence-electron chi connectivity index (χ0n) is 9.63. The van der Waals surface area contributed by atoms with Crippen LogP contribution in [-0.4, -0.2) is 21.9 Å². The molecule has 0 saturated carbocycles. The lowest BCUT2D eigenvalue weighted by molar-refractivity contribution is 0.932. The molecule has 0 fully saturated rings. The summed E-state index contributed by atoms with van der Waals surface area (Å²) in [6.45, 7) is 2.62. The summed E-state index contributed by atoms with van der Waals surface area (Å²) in [6, 6.07) is 4.05. The van der Waals surface area contributed by atoms with Gasteiger partial charge in [-0.3, -0.25) is 4.99 Å². The number of nitrogens with zero attached hydrogens (tertiary/aromatic N) is 3. The van der Waals surface area contributed by atoms with E-state index < -0.39 is 0 Å². The summed E-state index contributed by atoms with van der Waals surface area (Å²) in [5.74, 6) is 0.125. The zero-order chi connectivity index (χ0) is 11.5. The summed E-state index contributed by atoms with van der Waals surface area (Å²) in [5, 5.41) is 0. The topological polar surface area (TPSA) is 81.7 Å². The number of aliphatic imine (C=N–C) groups is 1. The standard InChI is InChI=1S/C11H15N5.HI/c1-8-3-2-6-16-7-9(15-10(8)16)4-5-14-11(12)13;/h2-3,6-7H,4-5H2,1H3,(H4,12,13,14);1H. The molecular weight excluding hydrogens is 329 g/mol. The number of aryl methyl sites for hydroxylation is 1. The van der Waals surface area contributed by atoms with Gasteiger partial charge in [0.25, 0.3) is 0 Å². The minimum Gasteiger partial charge on any atom is -0.370 e. The highest BCUT2D eigenvalue weighted by Crippen LogP contribution is 2.10. The van der Waals surface area contributed by atoms with Gasteiger partial charge >= 0.3 is 0 Å². The summed E-state index contributed by atoms with van der Waals surface area (Å²) >= 11 is 0. The average molecular weight is 345 g/mol. The highest BCUT2D eigenvalue weighted by molar-refractivity contribution is 14.0. The SMILES string of the molecule is Cc1cccn2cc(CCN=C(N)N)nc12.I. The molecule has 0 saturated heterocycles. The first kappa shape index (κ1) is 13.8. The molecule has 0 aliphatic heterocycles. The van der Waals surface area contributed by atoms with E-state index in [4.69, 9.17) is 11.5 Å². The predicted octanol–water partition coefficient (Wildman–Crippen LogP) is 1.08. The summed E-state index contributed by atoms with van der Waals surface area (Å²) in [6.07, 6.45) is 4.74. The summed E-state index contributed by atoms with van der Waals surface area (Å²) < 4.78 is 2.01. The minimum atomic E-state index is 0. The number of halogens is 1. The number of nitrogens with two attached hydrogens (primary N) is 2. The third kappa shape index (κ3) is 3.32. The van der Waals surface area contributed by atoms with Crippen molar-refractivity contribution in [2.75, 3.05) is 6.54 Å². The Morgan fingerprint density at radius 1 is 1.47 bits per heavy atom. The molecule has 92 valence electrons. The second-order valence-electron chi connectivity index (χ2n) is 3.71. The maximum absolute atomic E-state index is 5.26. The molecule has 17 heavy (non-hydrogen) atoms. The van der Waals surface area contributed by atoms with Crippen molar-refractivity contribution in [1.82, 2.24) is 9.38 Å². The number of fused-ring (bicyclic) bond motifs is 1. The van der Waals surface area contributed by atoms with Crippen molar-refractivity contribution < 1.29 is 0 Å². The second-order valence-corrected chi connectivity index (χ2v) is 3.71. The van der Waals surface area contributed by atoms with Crippen LogP contribution in [0.5, 0.6) is 0 Å². The van der Waals surface area contributed by atoms with E-state index in [0.717, 1.165) is 23.3 Å². The van der Waals surface area contributed by atoms with Crippen LogP contribution in [0, 0.1) is 6.92 Å². The van der Waals surface area contributed by atoms with Crippen LogP contribution < -0.4 is 11.5 Å². The minimum absolute atomic E-state index is 0. The summed E-state index contributed by atoms with van der Waals surface area (Å²) in [7, 11) is 0. The second kappa shape index (κ2) is 5.85. The fraction of sp³-hybridized carbons (Fsp3) is 0.273. The Labute approximate surface area is 117 Å². The van der Waals surface area contributed by atoms with Gasteiger partial charge in [-0.1, -0.05) is 6.07 Å². The lowest BCUT2D eigenvalue weighted by Crippen LogP contribution is -2.23. The van der Waals surface area contributed by atoms with Gasteiger partial charge < -0.3 is 15.9 Å². The Bertz CT molecular complexity index is 528. The number of aromatic nitrogens is 2. The Kier molecular flexibility index (Phi) is 4.73. The zero-order valence-corrected chi connectivity index (χ0v) is 12.0. The Morgan fingerprint density at radius 2 is 2.24 bits per heavy atom. The number of hydrogen-bond acceptors (Lipinski definition) is 2. The van der Waals surface area contributed by atoms with Crippen molar-refractivity contribution in [2.45, 2.75) is 13.3 Å². The van der Waals surface area contributed by atoms with Gasteiger partial charge in [-0.05, 0) is 18.6 Å². The van der Waals surface area contributed by atoms with Crippen molar-refractivity contribution >= 4 is 35.6 Å². The highest BCUT2D eigenvalue weighted by atomic mass is 127. The number of hydrogen-bond donors (Lipinski definition) is 2. The van der Waals surface area contributed by atoms with Gasteiger partial charge in [0, 0.05) is 25.4 Å². The third-order valence-corrected chi connectivity index (χ3v) is 2.39. The van der Waals surface area contributed by atoms with Gasteiger partial charge in [0.05, 0.1) is 5.69 Å². The fourth-order valence-corrected chi connectivity index (χ4v) is 1.62. The molecule has 0 aliphatic rings. The Balaban J connectivity index is 0.00000144. The van der Waals surface area contributed by atoms with Crippen LogP contribution in [0.2, 0.25) is 0 Å². The molecule has 0 amide bonds. The van der Waals surface area contributed by atoms with Gasteiger partial charge in [-0.25, -0.2) is 4.98 Å². The molecule has 6 heteroatoms. The third-order valence-electron chi connectivity index (χ3n) is 2.39. The molecule has 5 nitrogen and oxygen atoms in total. The first-order chi connectivity index (χ1) is 7.66. The molecule has 0 radical (unpaired) electrons. The molecule has 0 atom stereocenters. The number of guanidine groups is 1. The van der Waals surface area contributed by atoms with E-state index in [2.05, 4.69) is 9.98 Å². The Morgan fingerprint density at radius 3 is 2.88 bits per heavy atom. The monoisotopic (exact) mass is 345 g/mol. The molecule has 4 N–H and O–H groups in total. The first-order valence-electron chi connectivity index (χ1n) is 5.15. The average Bonchev–Trinajstić information content (AvgIpc) is 2.61. The molecule has 2 aromatic heterocycles. The van der Waals surface area contributed by atoms with Crippen LogP contribution >= 0.6 is 24.0 Å². The van der Waals surface area contributed by atoms with Gasteiger partial charge in [0.1, 0.15) is 5.65 Å². The van der Waals surface area contributed by atoms with Gasteiger partial charge in [0.15, 0.2) is 5.96 Å². The van der Waals surface area contributed by atoms with E-state index in [1.165, 1.54) is 0 Å². The first-order valence-corrected chi connectivity index (χ1v) is 5.15. The number of pyridine rings is 1. The van der Waals surface area contributed by atoms with E-state index in [0.29, 0.717) is 6.54 Å². The molecule has 0 bridgehead atoms. The predicted molar refractivity (Wildman–Crippen MR) is 79.7 cm³/mol. The van der Waals surface area contributed by atoms with E-state index in [-0.39, 0.29) is 29.9 Å². The molecule has 2 rings (SSSR count). The maximum atomic E-state index is 5.26. The lowest BCUT2D eigenvalue weighted by Gasteiger charge is -1.94. The molecule has 2 aromatic rings. The van der Waals surface area contributed by atoms with E-state index >= 15 is 0 Å². The van der Waals surface area contributed by atoms with Crippen molar-refractivity contribution in [3.63, 3.8) is 0 Å². The molecule has 0 unspecified atom stereocenters.